The van der Waals surface area contributed by atoms with Gasteiger partial charge in [-0.2, -0.15) is 0 Å². The summed E-state index contributed by atoms with van der Waals surface area (Å²) in [7, 11) is 0. The lowest BCUT2D eigenvalue weighted by atomic mass is 9.92. The Morgan fingerprint density at radius 1 is 1.73 bits per heavy atom. The van der Waals surface area contributed by atoms with E-state index in [9.17, 15) is 4.79 Å². The van der Waals surface area contributed by atoms with Crippen molar-refractivity contribution in [2.75, 3.05) is 0 Å². The lowest BCUT2D eigenvalue weighted by molar-refractivity contribution is -0.137. The smallest absolute Gasteiger partial charge is 0.304 e. The number of aryl methyl sites for hydroxylation is 1. The highest BCUT2D eigenvalue weighted by Gasteiger charge is 2.23. The summed E-state index contributed by atoms with van der Waals surface area (Å²) in [6.07, 6.45) is 0.812. The number of hydrogen-bond acceptors (Lipinski definition) is 4. The summed E-state index contributed by atoms with van der Waals surface area (Å²) in [6.45, 7) is 3.86. The van der Waals surface area contributed by atoms with Crippen LogP contribution in [0.1, 0.15) is 36.4 Å². The first-order valence-corrected chi connectivity index (χ1v) is 5.82. The maximum absolute atomic E-state index is 10.7. The van der Waals surface area contributed by atoms with Gasteiger partial charge in [0.25, 0.3) is 0 Å². The molecule has 4 nitrogen and oxygen atoms in total. The van der Waals surface area contributed by atoms with Crippen LogP contribution in [0.3, 0.4) is 0 Å². The third-order valence-corrected chi connectivity index (χ3v) is 3.19. The van der Waals surface area contributed by atoms with Crippen LogP contribution in [0.25, 0.3) is 0 Å². The Balaban J connectivity index is 2.85. The molecule has 1 aromatic rings. The highest BCUT2D eigenvalue weighted by Crippen LogP contribution is 2.25. The average molecular weight is 228 g/mol. The molecule has 0 saturated carbocycles. The molecule has 0 fully saturated rings. The van der Waals surface area contributed by atoms with Gasteiger partial charge in [-0.1, -0.05) is 6.92 Å². The number of aromatic nitrogens is 1. The molecule has 0 saturated heterocycles. The summed E-state index contributed by atoms with van der Waals surface area (Å²) in [5, 5.41) is 11.7. The third kappa shape index (κ3) is 3.28. The molecule has 0 aromatic carbocycles. The zero-order chi connectivity index (χ0) is 11.4. The van der Waals surface area contributed by atoms with Crippen LogP contribution in [0.4, 0.5) is 0 Å². The first kappa shape index (κ1) is 12.1. The normalized spacial score (nSPS) is 14.9. The van der Waals surface area contributed by atoms with Crippen LogP contribution in [-0.2, 0) is 4.79 Å². The second-order valence-electron chi connectivity index (χ2n) is 3.57. The van der Waals surface area contributed by atoms with Gasteiger partial charge in [0.2, 0.25) is 0 Å². The van der Waals surface area contributed by atoms with Gasteiger partial charge in [-0.15, -0.1) is 11.3 Å². The van der Waals surface area contributed by atoms with Gasteiger partial charge in [-0.25, -0.2) is 4.98 Å². The van der Waals surface area contributed by atoms with Crippen molar-refractivity contribution in [3.05, 3.63) is 16.1 Å². The fourth-order valence-corrected chi connectivity index (χ4v) is 2.18. The van der Waals surface area contributed by atoms with Crippen molar-refractivity contribution in [3.8, 4) is 0 Å². The van der Waals surface area contributed by atoms with Crippen molar-refractivity contribution < 1.29 is 9.90 Å². The Hall–Kier alpha value is -0.940. The maximum atomic E-state index is 10.7. The Morgan fingerprint density at radius 3 is 2.80 bits per heavy atom. The van der Waals surface area contributed by atoms with Gasteiger partial charge in [0.05, 0.1) is 17.1 Å². The molecule has 0 aliphatic heterocycles. The highest BCUT2D eigenvalue weighted by molar-refractivity contribution is 7.09. The maximum Gasteiger partial charge on any atom is 0.304 e. The molecule has 1 rings (SSSR count). The van der Waals surface area contributed by atoms with Gasteiger partial charge in [-0.05, 0) is 13.3 Å². The quantitative estimate of drug-likeness (QED) is 0.805. The number of thiazole rings is 1. The number of nitrogens with zero attached hydrogens (tertiary/aromatic N) is 1. The molecule has 0 aliphatic rings. The summed E-state index contributed by atoms with van der Waals surface area (Å²) in [5.74, 6) is -0.994. The zero-order valence-corrected chi connectivity index (χ0v) is 9.75. The second-order valence-corrected chi connectivity index (χ2v) is 4.63. The van der Waals surface area contributed by atoms with E-state index in [2.05, 4.69) is 4.98 Å². The van der Waals surface area contributed by atoms with Crippen LogP contribution >= 0.6 is 11.3 Å². The SMILES string of the molecule is CCC(N)C(CC(=O)O)c1csc(C)n1. The molecule has 1 aromatic heterocycles. The Kier molecular flexibility index (Phi) is 4.23. The van der Waals surface area contributed by atoms with Crippen LogP contribution < -0.4 is 5.73 Å². The molecule has 0 bridgehead atoms. The predicted molar refractivity (Wildman–Crippen MR) is 60.1 cm³/mol. The molecule has 0 radical (unpaired) electrons. The van der Waals surface area contributed by atoms with Crippen molar-refractivity contribution in [1.82, 2.24) is 4.98 Å². The molecular weight excluding hydrogens is 212 g/mol. The summed E-state index contributed by atoms with van der Waals surface area (Å²) < 4.78 is 0. The number of carboxylic acid groups (broad SMARTS) is 1. The van der Waals surface area contributed by atoms with Gasteiger partial charge in [0, 0.05) is 17.3 Å². The van der Waals surface area contributed by atoms with Crippen LogP contribution in [0, 0.1) is 6.92 Å². The largest absolute Gasteiger partial charge is 0.481 e. The molecule has 2 atom stereocenters. The molecule has 84 valence electrons. The van der Waals surface area contributed by atoms with Crippen molar-refractivity contribution in [2.45, 2.75) is 38.6 Å². The second kappa shape index (κ2) is 5.23. The van der Waals surface area contributed by atoms with Gasteiger partial charge >= 0.3 is 5.97 Å². The minimum Gasteiger partial charge on any atom is -0.481 e. The molecule has 0 spiro atoms. The monoisotopic (exact) mass is 228 g/mol. The molecule has 0 amide bonds. The van der Waals surface area contributed by atoms with Gasteiger partial charge in [-0.3, -0.25) is 4.79 Å². The van der Waals surface area contributed by atoms with Crippen LogP contribution in [0.5, 0.6) is 0 Å². The van der Waals surface area contributed by atoms with Gasteiger partial charge in [0.15, 0.2) is 0 Å². The first-order chi connectivity index (χ1) is 7.04. The Labute approximate surface area is 93.1 Å². The van der Waals surface area contributed by atoms with Crippen molar-refractivity contribution in [1.29, 1.82) is 0 Å². The van der Waals surface area contributed by atoms with Crippen molar-refractivity contribution in [2.24, 2.45) is 5.73 Å². The van der Waals surface area contributed by atoms with E-state index in [1.54, 1.807) is 0 Å². The highest BCUT2D eigenvalue weighted by atomic mass is 32.1. The number of rotatable bonds is 5. The standard InChI is InChI=1S/C10H16N2O2S/c1-3-8(11)7(4-10(13)14)9-5-15-6(2)12-9/h5,7-8H,3-4,11H2,1-2H3,(H,13,14). The van der Waals surface area contributed by atoms with Gasteiger partial charge in [0.1, 0.15) is 0 Å². The lowest BCUT2D eigenvalue weighted by Crippen LogP contribution is -2.29. The molecule has 2 unspecified atom stereocenters. The minimum absolute atomic E-state index is 0.0537. The first-order valence-electron chi connectivity index (χ1n) is 4.94. The summed E-state index contributed by atoms with van der Waals surface area (Å²) in [5.41, 5.74) is 6.72. The van der Waals surface area contributed by atoms with E-state index in [0.717, 1.165) is 17.1 Å². The van der Waals surface area contributed by atoms with Gasteiger partial charge < -0.3 is 10.8 Å². The van der Waals surface area contributed by atoms with E-state index >= 15 is 0 Å². The van der Waals surface area contributed by atoms with E-state index in [1.807, 2.05) is 19.2 Å². The van der Waals surface area contributed by atoms with Crippen LogP contribution in [0.2, 0.25) is 0 Å². The summed E-state index contributed by atoms with van der Waals surface area (Å²) in [4.78, 5) is 15.0. The lowest BCUT2D eigenvalue weighted by Gasteiger charge is -2.19. The van der Waals surface area contributed by atoms with E-state index < -0.39 is 5.97 Å². The minimum atomic E-state index is -0.824. The topological polar surface area (TPSA) is 76.2 Å². The molecule has 1 heterocycles. The van der Waals surface area contributed by atoms with Crippen molar-refractivity contribution >= 4 is 17.3 Å². The third-order valence-electron chi connectivity index (χ3n) is 2.40. The molecule has 3 N–H and O–H groups in total. The predicted octanol–water partition coefficient (Wildman–Crippen LogP) is 1.75. The number of nitrogens with two attached hydrogens (primary N) is 1. The van der Waals surface area contributed by atoms with Crippen molar-refractivity contribution in [3.63, 3.8) is 0 Å². The zero-order valence-electron chi connectivity index (χ0n) is 8.93. The fraction of sp³-hybridized carbons (Fsp3) is 0.600. The number of hydrogen-bond donors (Lipinski definition) is 2. The number of carboxylic acids is 1. The molecule has 0 aliphatic carbocycles. The molecule has 15 heavy (non-hydrogen) atoms. The molecular formula is C10H16N2O2S. The average Bonchev–Trinajstić information content (AvgIpc) is 2.59. The molecule has 5 heteroatoms. The summed E-state index contributed by atoms with van der Waals surface area (Å²) in [6, 6.07) is -0.136. The van der Waals surface area contributed by atoms with E-state index in [-0.39, 0.29) is 18.4 Å². The van der Waals surface area contributed by atoms with E-state index in [0.29, 0.717) is 0 Å². The van der Waals surface area contributed by atoms with Crippen LogP contribution in [-0.4, -0.2) is 22.1 Å². The number of aliphatic carboxylic acids is 1. The summed E-state index contributed by atoms with van der Waals surface area (Å²) >= 11 is 1.53. The fourth-order valence-electron chi connectivity index (χ4n) is 1.50. The van der Waals surface area contributed by atoms with E-state index in [1.165, 1.54) is 11.3 Å². The van der Waals surface area contributed by atoms with E-state index in [4.69, 9.17) is 10.8 Å². The Bertz CT molecular complexity index is 338. The number of carbonyl (C=O) groups is 1. The Morgan fingerprint density at radius 2 is 2.40 bits per heavy atom. The van der Waals surface area contributed by atoms with Crippen LogP contribution in [0.15, 0.2) is 5.38 Å².